The van der Waals surface area contributed by atoms with Gasteiger partial charge >= 0.3 is 0 Å². The molecule has 0 unspecified atom stereocenters. The summed E-state index contributed by atoms with van der Waals surface area (Å²) in [6.07, 6.45) is 5.39. The second kappa shape index (κ2) is 1.51. The van der Waals surface area contributed by atoms with Crippen molar-refractivity contribution in [2.24, 2.45) is 17.6 Å². The average molecular weight is 125 g/mol. The standard InChI is InChI=1S/C8H15N/c1-6-4-8(9,5-6)7-2-3-7/h6-7H,2-5,9H2,1H3. The van der Waals surface area contributed by atoms with Crippen LogP contribution in [-0.2, 0) is 0 Å². The molecule has 0 heterocycles. The minimum atomic E-state index is 0.305. The van der Waals surface area contributed by atoms with Crippen molar-refractivity contribution >= 4 is 0 Å². The van der Waals surface area contributed by atoms with Gasteiger partial charge < -0.3 is 5.73 Å². The van der Waals surface area contributed by atoms with E-state index < -0.39 is 0 Å². The Morgan fingerprint density at radius 1 is 1.33 bits per heavy atom. The molecule has 2 N–H and O–H groups in total. The van der Waals surface area contributed by atoms with Gasteiger partial charge in [0.15, 0.2) is 0 Å². The number of rotatable bonds is 1. The molecule has 1 heteroatoms. The first kappa shape index (κ1) is 5.72. The van der Waals surface area contributed by atoms with Crippen molar-refractivity contribution in [1.29, 1.82) is 0 Å². The predicted molar refractivity (Wildman–Crippen MR) is 38.0 cm³/mol. The van der Waals surface area contributed by atoms with E-state index in [4.69, 9.17) is 5.73 Å². The maximum atomic E-state index is 6.10. The van der Waals surface area contributed by atoms with Crippen LogP contribution in [-0.4, -0.2) is 5.54 Å². The molecule has 9 heavy (non-hydrogen) atoms. The highest BCUT2D eigenvalue weighted by Gasteiger charge is 2.49. The molecule has 0 aliphatic heterocycles. The average Bonchev–Trinajstić information content (AvgIpc) is 2.39. The third-order valence-corrected chi connectivity index (χ3v) is 2.85. The Balaban J connectivity index is 1.94. The van der Waals surface area contributed by atoms with Gasteiger partial charge in [-0.25, -0.2) is 0 Å². The van der Waals surface area contributed by atoms with Gasteiger partial charge in [-0.1, -0.05) is 6.92 Å². The molecule has 2 aliphatic rings. The summed E-state index contributed by atoms with van der Waals surface area (Å²) in [5.41, 5.74) is 6.40. The van der Waals surface area contributed by atoms with Gasteiger partial charge in [-0.3, -0.25) is 0 Å². The zero-order valence-electron chi connectivity index (χ0n) is 6.06. The molecule has 1 nitrogen and oxygen atoms in total. The fourth-order valence-electron chi connectivity index (χ4n) is 2.23. The van der Waals surface area contributed by atoms with Gasteiger partial charge in [-0.2, -0.15) is 0 Å². The van der Waals surface area contributed by atoms with Crippen LogP contribution in [0.4, 0.5) is 0 Å². The molecule has 52 valence electrons. The molecule has 2 rings (SSSR count). The van der Waals surface area contributed by atoms with E-state index in [1.54, 1.807) is 0 Å². The van der Waals surface area contributed by atoms with E-state index in [9.17, 15) is 0 Å². The van der Waals surface area contributed by atoms with E-state index in [2.05, 4.69) is 6.92 Å². The van der Waals surface area contributed by atoms with Gasteiger partial charge in [0.25, 0.3) is 0 Å². The van der Waals surface area contributed by atoms with Gasteiger partial charge in [0.1, 0.15) is 0 Å². The zero-order chi connectivity index (χ0) is 6.48. The molecule has 2 saturated carbocycles. The maximum absolute atomic E-state index is 6.10. The highest BCUT2D eigenvalue weighted by molar-refractivity contribution is 5.06. The van der Waals surface area contributed by atoms with Crippen LogP contribution in [0.3, 0.4) is 0 Å². The van der Waals surface area contributed by atoms with Gasteiger partial charge in [0, 0.05) is 5.54 Å². The topological polar surface area (TPSA) is 26.0 Å². The Hall–Kier alpha value is -0.0400. The second-order valence-electron chi connectivity index (χ2n) is 4.02. The van der Waals surface area contributed by atoms with E-state index >= 15 is 0 Å². The quantitative estimate of drug-likeness (QED) is 0.565. The summed E-state index contributed by atoms with van der Waals surface area (Å²) < 4.78 is 0. The molecule has 0 amide bonds. The first-order chi connectivity index (χ1) is 4.21. The number of hydrogen-bond acceptors (Lipinski definition) is 1. The SMILES string of the molecule is CC1CC(N)(C2CC2)C1. The van der Waals surface area contributed by atoms with E-state index in [-0.39, 0.29) is 0 Å². The monoisotopic (exact) mass is 125 g/mol. The van der Waals surface area contributed by atoms with Gasteiger partial charge in [-0.05, 0) is 37.5 Å². The Morgan fingerprint density at radius 2 is 1.89 bits per heavy atom. The molecule has 0 spiro atoms. The van der Waals surface area contributed by atoms with Crippen molar-refractivity contribution in [2.75, 3.05) is 0 Å². The van der Waals surface area contributed by atoms with Crippen molar-refractivity contribution in [3.8, 4) is 0 Å². The summed E-state index contributed by atoms with van der Waals surface area (Å²) in [7, 11) is 0. The minimum absolute atomic E-state index is 0.305. The highest BCUT2D eigenvalue weighted by atomic mass is 14.8. The van der Waals surface area contributed by atoms with Crippen molar-refractivity contribution in [2.45, 2.75) is 38.1 Å². The van der Waals surface area contributed by atoms with Crippen molar-refractivity contribution in [1.82, 2.24) is 0 Å². The van der Waals surface area contributed by atoms with Crippen LogP contribution in [0.1, 0.15) is 32.6 Å². The summed E-state index contributed by atoms with van der Waals surface area (Å²) in [6.45, 7) is 2.30. The molecular weight excluding hydrogens is 110 g/mol. The molecule has 0 saturated heterocycles. The first-order valence-corrected chi connectivity index (χ1v) is 3.99. The lowest BCUT2D eigenvalue weighted by atomic mass is 9.67. The largest absolute Gasteiger partial charge is 0.325 e. The van der Waals surface area contributed by atoms with E-state index in [1.165, 1.54) is 25.7 Å². The van der Waals surface area contributed by atoms with E-state index in [1.807, 2.05) is 0 Å². The number of nitrogens with two attached hydrogens (primary N) is 1. The normalized spacial score (nSPS) is 50.7. The van der Waals surface area contributed by atoms with Gasteiger partial charge in [0.05, 0.1) is 0 Å². The lowest BCUT2D eigenvalue weighted by Gasteiger charge is -2.44. The van der Waals surface area contributed by atoms with Crippen LogP contribution in [0.25, 0.3) is 0 Å². The van der Waals surface area contributed by atoms with E-state index in [0.717, 1.165) is 11.8 Å². The summed E-state index contributed by atoms with van der Waals surface area (Å²) in [6, 6.07) is 0. The molecule has 2 fully saturated rings. The summed E-state index contributed by atoms with van der Waals surface area (Å²) in [5, 5.41) is 0. The smallest absolute Gasteiger partial charge is 0.0188 e. The summed E-state index contributed by atoms with van der Waals surface area (Å²) in [5.74, 6) is 1.82. The van der Waals surface area contributed by atoms with Crippen LogP contribution >= 0.6 is 0 Å². The molecule has 0 bridgehead atoms. The highest BCUT2D eigenvalue weighted by Crippen LogP contribution is 2.50. The van der Waals surface area contributed by atoms with Crippen molar-refractivity contribution in [3.05, 3.63) is 0 Å². The van der Waals surface area contributed by atoms with Gasteiger partial charge in [-0.15, -0.1) is 0 Å². The molecule has 2 aliphatic carbocycles. The second-order valence-corrected chi connectivity index (χ2v) is 4.02. The summed E-state index contributed by atoms with van der Waals surface area (Å²) in [4.78, 5) is 0. The maximum Gasteiger partial charge on any atom is 0.0188 e. The molecule has 0 aromatic rings. The van der Waals surface area contributed by atoms with Crippen LogP contribution in [0, 0.1) is 11.8 Å². The Labute approximate surface area is 56.6 Å². The molecule has 0 radical (unpaired) electrons. The molecule has 0 atom stereocenters. The van der Waals surface area contributed by atoms with Crippen LogP contribution in [0.15, 0.2) is 0 Å². The minimum Gasteiger partial charge on any atom is -0.325 e. The predicted octanol–water partition coefficient (Wildman–Crippen LogP) is 1.52. The molecule has 0 aromatic heterocycles. The fraction of sp³-hybridized carbons (Fsp3) is 1.00. The first-order valence-electron chi connectivity index (χ1n) is 3.99. The van der Waals surface area contributed by atoms with Crippen molar-refractivity contribution < 1.29 is 0 Å². The third kappa shape index (κ3) is 0.787. The van der Waals surface area contributed by atoms with Crippen LogP contribution in [0.2, 0.25) is 0 Å². The Kier molecular flexibility index (Phi) is 0.963. The van der Waals surface area contributed by atoms with Crippen molar-refractivity contribution in [3.63, 3.8) is 0 Å². The van der Waals surface area contributed by atoms with E-state index in [0.29, 0.717) is 5.54 Å². The Bertz CT molecular complexity index is 121. The fourth-order valence-corrected chi connectivity index (χ4v) is 2.23. The summed E-state index contributed by atoms with van der Waals surface area (Å²) >= 11 is 0. The molecular formula is C8H15N. The lowest BCUT2D eigenvalue weighted by Crippen LogP contribution is -2.52. The molecule has 0 aromatic carbocycles. The zero-order valence-corrected chi connectivity index (χ0v) is 6.06. The van der Waals surface area contributed by atoms with Gasteiger partial charge in [0.2, 0.25) is 0 Å². The number of hydrogen-bond donors (Lipinski definition) is 1. The van der Waals surface area contributed by atoms with Crippen LogP contribution in [0.5, 0.6) is 0 Å². The Morgan fingerprint density at radius 3 is 2.22 bits per heavy atom. The lowest BCUT2D eigenvalue weighted by molar-refractivity contribution is 0.137. The van der Waals surface area contributed by atoms with Crippen LogP contribution < -0.4 is 5.73 Å². The third-order valence-electron chi connectivity index (χ3n) is 2.85.